The van der Waals surface area contributed by atoms with Crippen LogP contribution in [0.5, 0.6) is 0 Å². The van der Waals surface area contributed by atoms with Gasteiger partial charge in [0.2, 0.25) is 5.91 Å². The van der Waals surface area contributed by atoms with E-state index in [-0.39, 0.29) is 42.4 Å². The lowest BCUT2D eigenvalue weighted by Crippen LogP contribution is -2.24. The number of hydrogen-bond acceptors (Lipinski definition) is 6. The molecule has 0 bridgehead atoms. The van der Waals surface area contributed by atoms with E-state index in [1.54, 1.807) is 18.2 Å². The molecule has 2 aromatic rings. The van der Waals surface area contributed by atoms with Gasteiger partial charge in [0.1, 0.15) is 22.8 Å². The van der Waals surface area contributed by atoms with Crippen molar-refractivity contribution in [2.24, 2.45) is 0 Å². The first-order chi connectivity index (χ1) is 11.9. The van der Waals surface area contributed by atoms with E-state index in [2.05, 4.69) is 10.6 Å². The van der Waals surface area contributed by atoms with Crippen molar-refractivity contribution in [2.45, 2.75) is 19.9 Å². The number of carbonyl (C=O) groups excluding carboxylic acids is 1. The molecule has 0 aliphatic carbocycles. The van der Waals surface area contributed by atoms with Crippen LogP contribution in [0.4, 0.5) is 11.4 Å². The molecule has 0 saturated carbocycles. The molecule has 9 heteroatoms. The van der Waals surface area contributed by atoms with Gasteiger partial charge < -0.3 is 20.2 Å². The van der Waals surface area contributed by atoms with Gasteiger partial charge in [-0.1, -0.05) is 12.1 Å². The smallest absolute Gasteiger partial charge is 0.339 e. The van der Waals surface area contributed by atoms with Crippen LogP contribution >= 0.6 is 0 Å². The lowest BCUT2D eigenvalue weighted by atomic mass is 10.2. The molecule has 2 rings (SSSR count). The second-order valence-corrected chi connectivity index (χ2v) is 5.22. The fourth-order valence-corrected chi connectivity index (χ4v) is 2.21. The molecule has 1 aromatic heterocycles. The number of aromatic carboxylic acids is 1. The highest BCUT2D eigenvalue weighted by atomic mass is 16.6. The number of nitro groups is 1. The molecule has 9 nitrogen and oxygen atoms in total. The Bertz CT molecular complexity index is 799. The molecule has 132 valence electrons. The van der Waals surface area contributed by atoms with Crippen molar-refractivity contribution in [2.75, 3.05) is 11.9 Å². The van der Waals surface area contributed by atoms with Gasteiger partial charge in [0.05, 0.1) is 11.5 Å². The van der Waals surface area contributed by atoms with Crippen LogP contribution in [0.15, 0.2) is 34.7 Å². The number of carbonyl (C=O) groups is 2. The fourth-order valence-electron chi connectivity index (χ4n) is 2.21. The number of carboxylic acid groups (broad SMARTS) is 1. The summed E-state index contributed by atoms with van der Waals surface area (Å²) >= 11 is 0. The van der Waals surface area contributed by atoms with Crippen LogP contribution in [0.3, 0.4) is 0 Å². The number of nitro benzene ring substituents is 1. The summed E-state index contributed by atoms with van der Waals surface area (Å²) in [6.07, 6.45) is 0.0948. The van der Waals surface area contributed by atoms with Crippen molar-refractivity contribution in [3.8, 4) is 0 Å². The van der Waals surface area contributed by atoms with E-state index in [1.165, 1.54) is 19.1 Å². The summed E-state index contributed by atoms with van der Waals surface area (Å²) in [6.45, 7) is 1.82. The Morgan fingerprint density at radius 3 is 2.68 bits per heavy atom. The van der Waals surface area contributed by atoms with E-state index in [0.717, 1.165) is 0 Å². The van der Waals surface area contributed by atoms with Gasteiger partial charge in [-0.2, -0.15) is 0 Å². The van der Waals surface area contributed by atoms with Gasteiger partial charge >= 0.3 is 5.97 Å². The summed E-state index contributed by atoms with van der Waals surface area (Å²) in [6, 6.07) is 7.53. The number of hydrogen-bond donors (Lipinski definition) is 3. The highest BCUT2D eigenvalue weighted by Gasteiger charge is 2.15. The van der Waals surface area contributed by atoms with Gasteiger partial charge in [-0.3, -0.25) is 14.9 Å². The standard InChI is InChI=1S/C16H17N3O6/c1-10-12(16(21)22)8-11(25-10)9-18-15(20)6-7-17-13-4-2-3-5-14(13)19(23)24/h2-5,8,17H,6-7,9H2,1H3,(H,18,20)(H,21,22). The maximum Gasteiger partial charge on any atom is 0.339 e. The highest BCUT2D eigenvalue weighted by molar-refractivity contribution is 5.88. The van der Waals surface area contributed by atoms with Gasteiger partial charge in [0.25, 0.3) is 5.69 Å². The van der Waals surface area contributed by atoms with Crippen LogP contribution in [-0.4, -0.2) is 28.5 Å². The van der Waals surface area contributed by atoms with E-state index >= 15 is 0 Å². The summed E-state index contributed by atoms with van der Waals surface area (Å²) in [5.74, 6) is -0.769. The number of furan rings is 1. The molecule has 0 aliphatic rings. The third-order valence-corrected chi connectivity index (χ3v) is 3.43. The zero-order chi connectivity index (χ0) is 18.4. The first-order valence-electron chi connectivity index (χ1n) is 7.45. The van der Waals surface area contributed by atoms with E-state index in [1.807, 2.05) is 0 Å². The van der Waals surface area contributed by atoms with E-state index in [9.17, 15) is 19.7 Å². The number of para-hydroxylation sites is 2. The molecule has 25 heavy (non-hydrogen) atoms. The number of nitrogens with zero attached hydrogens (tertiary/aromatic N) is 1. The zero-order valence-corrected chi connectivity index (χ0v) is 13.4. The number of aryl methyl sites for hydroxylation is 1. The molecule has 1 aromatic carbocycles. The van der Waals surface area contributed by atoms with Crippen LogP contribution in [0.2, 0.25) is 0 Å². The largest absolute Gasteiger partial charge is 0.478 e. The minimum atomic E-state index is -1.09. The molecule has 0 aliphatic heterocycles. The quantitative estimate of drug-likeness (QED) is 0.492. The van der Waals surface area contributed by atoms with Crippen molar-refractivity contribution < 1.29 is 24.0 Å². The van der Waals surface area contributed by atoms with Gasteiger partial charge in [0.15, 0.2) is 0 Å². The molecule has 0 atom stereocenters. The van der Waals surface area contributed by atoms with Crippen LogP contribution in [0.1, 0.15) is 28.3 Å². The van der Waals surface area contributed by atoms with Crippen LogP contribution in [0.25, 0.3) is 0 Å². The SMILES string of the molecule is Cc1oc(CNC(=O)CCNc2ccccc2[N+](=O)[O-])cc1C(=O)O. The first-order valence-corrected chi connectivity index (χ1v) is 7.45. The number of carboxylic acids is 1. The number of amides is 1. The summed E-state index contributed by atoms with van der Waals surface area (Å²) in [7, 11) is 0. The molecule has 1 heterocycles. The Hall–Kier alpha value is -3.36. The molecule has 1 amide bonds. The summed E-state index contributed by atoms with van der Waals surface area (Å²) < 4.78 is 5.26. The lowest BCUT2D eigenvalue weighted by molar-refractivity contribution is -0.384. The Morgan fingerprint density at radius 1 is 1.32 bits per heavy atom. The first kappa shape index (κ1) is 18.0. The molecule has 0 unspecified atom stereocenters. The maximum absolute atomic E-state index is 11.8. The maximum atomic E-state index is 11.8. The van der Waals surface area contributed by atoms with E-state index < -0.39 is 10.9 Å². The van der Waals surface area contributed by atoms with Crippen molar-refractivity contribution in [3.05, 3.63) is 57.5 Å². The second-order valence-electron chi connectivity index (χ2n) is 5.22. The number of rotatable bonds is 8. The Labute approximate surface area is 142 Å². The molecule has 0 saturated heterocycles. The van der Waals surface area contributed by atoms with Crippen LogP contribution < -0.4 is 10.6 Å². The number of benzene rings is 1. The number of anilines is 1. The minimum absolute atomic E-state index is 0.0577. The molecule has 0 spiro atoms. The molecule has 0 radical (unpaired) electrons. The third-order valence-electron chi connectivity index (χ3n) is 3.43. The molecular formula is C16H17N3O6. The second kappa shape index (κ2) is 7.95. The lowest BCUT2D eigenvalue weighted by Gasteiger charge is -2.07. The van der Waals surface area contributed by atoms with E-state index in [4.69, 9.17) is 9.52 Å². The van der Waals surface area contributed by atoms with Gasteiger partial charge in [0, 0.05) is 19.0 Å². The Morgan fingerprint density at radius 2 is 2.04 bits per heavy atom. The Balaban J connectivity index is 1.81. The predicted octanol–water partition coefficient (Wildman–Crippen LogP) is 2.31. The highest BCUT2D eigenvalue weighted by Crippen LogP contribution is 2.22. The zero-order valence-electron chi connectivity index (χ0n) is 13.4. The van der Waals surface area contributed by atoms with Crippen molar-refractivity contribution in [1.29, 1.82) is 0 Å². The Kier molecular flexibility index (Phi) is 5.72. The van der Waals surface area contributed by atoms with Crippen LogP contribution in [-0.2, 0) is 11.3 Å². The van der Waals surface area contributed by atoms with Crippen molar-refractivity contribution in [3.63, 3.8) is 0 Å². The van der Waals surface area contributed by atoms with Gasteiger partial charge in [-0.05, 0) is 19.1 Å². The normalized spacial score (nSPS) is 10.3. The minimum Gasteiger partial charge on any atom is -0.478 e. The summed E-state index contributed by atoms with van der Waals surface area (Å²) in [4.78, 5) is 33.1. The van der Waals surface area contributed by atoms with Crippen molar-refractivity contribution in [1.82, 2.24) is 5.32 Å². The van der Waals surface area contributed by atoms with Gasteiger partial charge in [-0.25, -0.2) is 4.79 Å². The number of nitrogens with one attached hydrogen (secondary N) is 2. The van der Waals surface area contributed by atoms with E-state index in [0.29, 0.717) is 11.4 Å². The molecule has 0 fully saturated rings. The average Bonchev–Trinajstić information content (AvgIpc) is 2.94. The summed E-state index contributed by atoms with van der Waals surface area (Å²) in [5.41, 5.74) is 0.338. The monoisotopic (exact) mass is 347 g/mol. The molecule has 3 N–H and O–H groups in total. The molecular weight excluding hydrogens is 330 g/mol. The average molecular weight is 347 g/mol. The topological polar surface area (TPSA) is 135 Å². The van der Waals surface area contributed by atoms with Crippen LogP contribution in [0, 0.1) is 17.0 Å². The third kappa shape index (κ3) is 4.80. The van der Waals surface area contributed by atoms with Crippen molar-refractivity contribution >= 4 is 23.3 Å². The fraction of sp³-hybridized carbons (Fsp3) is 0.250. The summed E-state index contributed by atoms with van der Waals surface area (Å²) in [5, 5.41) is 25.3. The predicted molar refractivity (Wildman–Crippen MR) is 88.5 cm³/mol. The van der Waals surface area contributed by atoms with Gasteiger partial charge in [-0.15, -0.1) is 0 Å².